The van der Waals surface area contributed by atoms with E-state index in [1.165, 1.54) is 32.4 Å². The highest BCUT2D eigenvalue weighted by atomic mass is 16.5. The van der Waals surface area contributed by atoms with Crippen LogP contribution in [0.5, 0.6) is 5.75 Å². The predicted molar refractivity (Wildman–Crippen MR) is 156 cm³/mol. The van der Waals surface area contributed by atoms with Gasteiger partial charge in [-0.05, 0) is 75.4 Å². The molecule has 1 saturated heterocycles. The number of amidine groups is 1. The van der Waals surface area contributed by atoms with Gasteiger partial charge in [-0.1, -0.05) is 24.6 Å². The van der Waals surface area contributed by atoms with Crippen molar-refractivity contribution in [2.75, 3.05) is 53.4 Å². The molecular weight excluding hydrogens is 502 g/mol. The number of likely N-dealkylation sites (N-methyl/N-ethyl adjacent to an activating group) is 1. The zero-order chi connectivity index (χ0) is 27.6. The molecule has 0 atom stereocenters. The zero-order valence-electron chi connectivity index (χ0n) is 23.1. The van der Waals surface area contributed by atoms with Gasteiger partial charge in [0.2, 0.25) is 0 Å². The van der Waals surface area contributed by atoms with E-state index in [1.54, 1.807) is 15.6 Å². The second-order valence-corrected chi connectivity index (χ2v) is 10.8. The molecule has 206 valence electrons. The predicted octanol–water partition coefficient (Wildman–Crippen LogP) is 4.27. The molecule has 0 unspecified atom stereocenters. The number of fused-ring (bicyclic) bond motifs is 2. The fraction of sp³-hybridized carbons (Fsp3) is 0.355. The number of nitrogens with one attached hydrogen (secondary N) is 1. The minimum Gasteiger partial charge on any atom is -0.492 e. The number of hydrogen-bond donors (Lipinski definition) is 1. The number of amides is 1. The first-order chi connectivity index (χ1) is 19.5. The highest BCUT2D eigenvalue weighted by Crippen LogP contribution is 2.31. The Morgan fingerprint density at radius 2 is 1.68 bits per heavy atom. The lowest BCUT2D eigenvalue weighted by Gasteiger charge is -2.26. The number of rotatable bonds is 9. The summed E-state index contributed by atoms with van der Waals surface area (Å²) in [6.07, 6.45) is 9.52. The molecule has 0 bridgehead atoms. The van der Waals surface area contributed by atoms with Crippen molar-refractivity contribution in [2.45, 2.75) is 19.3 Å². The van der Waals surface area contributed by atoms with Gasteiger partial charge >= 0.3 is 0 Å². The van der Waals surface area contributed by atoms with Gasteiger partial charge in [0.1, 0.15) is 18.2 Å². The van der Waals surface area contributed by atoms with E-state index >= 15 is 0 Å². The maximum atomic E-state index is 13.1. The maximum absolute atomic E-state index is 13.1. The minimum absolute atomic E-state index is 0.130. The van der Waals surface area contributed by atoms with Crippen LogP contribution >= 0.6 is 0 Å². The Morgan fingerprint density at radius 3 is 2.45 bits per heavy atom. The molecule has 40 heavy (non-hydrogen) atoms. The first kappa shape index (κ1) is 26.2. The van der Waals surface area contributed by atoms with E-state index in [0.717, 1.165) is 34.5 Å². The SMILES string of the molecule is CN(C)CCN1C(=N)c2ccc(-c3cnn4cc(-c5ccc(OCCN6CCCCC6)cc5)cnc34)cc2C1=O. The van der Waals surface area contributed by atoms with E-state index in [9.17, 15) is 4.79 Å². The van der Waals surface area contributed by atoms with Crippen LogP contribution in [0.4, 0.5) is 0 Å². The van der Waals surface area contributed by atoms with E-state index in [-0.39, 0.29) is 11.7 Å². The summed E-state index contributed by atoms with van der Waals surface area (Å²) in [4.78, 5) is 23.8. The van der Waals surface area contributed by atoms with E-state index < -0.39 is 0 Å². The van der Waals surface area contributed by atoms with Gasteiger partial charge in [0, 0.05) is 48.7 Å². The van der Waals surface area contributed by atoms with E-state index in [0.29, 0.717) is 36.5 Å². The lowest BCUT2D eigenvalue weighted by Crippen LogP contribution is -2.35. The Bertz CT molecular complexity index is 1540. The Labute approximate surface area is 234 Å². The van der Waals surface area contributed by atoms with Gasteiger partial charge in [0.15, 0.2) is 5.65 Å². The molecule has 0 spiro atoms. The second kappa shape index (κ2) is 11.2. The molecule has 1 fully saturated rings. The lowest BCUT2D eigenvalue weighted by molar-refractivity contribution is 0.0853. The van der Waals surface area contributed by atoms with Crippen molar-refractivity contribution in [3.8, 4) is 28.0 Å². The topological polar surface area (TPSA) is 90.1 Å². The molecule has 0 aliphatic carbocycles. The van der Waals surface area contributed by atoms with Gasteiger partial charge in [-0.2, -0.15) is 5.10 Å². The first-order valence-corrected chi connectivity index (χ1v) is 14.0. The normalized spacial score (nSPS) is 15.8. The number of carbonyl (C=O) groups excluding carboxylic acids is 1. The molecule has 0 saturated carbocycles. The van der Waals surface area contributed by atoms with Gasteiger partial charge in [-0.15, -0.1) is 0 Å². The summed E-state index contributed by atoms with van der Waals surface area (Å²) in [5.41, 5.74) is 5.62. The van der Waals surface area contributed by atoms with Crippen molar-refractivity contribution in [3.05, 3.63) is 72.2 Å². The van der Waals surface area contributed by atoms with Crippen molar-refractivity contribution >= 4 is 17.4 Å². The van der Waals surface area contributed by atoms with Crippen LogP contribution in [-0.4, -0.2) is 94.5 Å². The van der Waals surface area contributed by atoms with Crippen molar-refractivity contribution in [1.82, 2.24) is 29.3 Å². The molecule has 1 amide bonds. The van der Waals surface area contributed by atoms with Crippen LogP contribution in [0.25, 0.3) is 27.9 Å². The molecule has 4 heterocycles. The summed E-state index contributed by atoms with van der Waals surface area (Å²) >= 11 is 0. The quantitative estimate of drug-likeness (QED) is 0.343. The standard InChI is InChI=1S/C31H35N7O2/c1-35(2)14-15-37-29(32)26-11-8-23(18-27(26)31(37)39)28-20-34-38-21-24(19-33-30(28)38)22-6-9-25(10-7-22)40-17-16-36-12-4-3-5-13-36/h6-11,18-21,32H,3-5,12-17H2,1-2H3. The maximum Gasteiger partial charge on any atom is 0.260 e. The largest absolute Gasteiger partial charge is 0.492 e. The van der Waals surface area contributed by atoms with Gasteiger partial charge < -0.3 is 9.64 Å². The van der Waals surface area contributed by atoms with Crippen molar-refractivity contribution in [3.63, 3.8) is 0 Å². The van der Waals surface area contributed by atoms with E-state index in [1.807, 2.05) is 73.9 Å². The van der Waals surface area contributed by atoms with Gasteiger partial charge in [0.25, 0.3) is 5.91 Å². The highest BCUT2D eigenvalue weighted by Gasteiger charge is 2.33. The summed E-state index contributed by atoms with van der Waals surface area (Å²) in [5, 5.41) is 13.0. The van der Waals surface area contributed by atoms with Gasteiger partial charge in [-0.3, -0.25) is 20.0 Å². The van der Waals surface area contributed by atoms with Crippen LogP contribution in [0, 0.1) is 5.41 Å². The third-order valence-corrected chi connectivity index (χ3v) is 7.77. The van der Waals surface area contributed by atoms with Crippen molar-refractivity contribution in [2.24, 2.45) is 0 Å². The third kappa shape index (κ3) is 5.22. The molecule has 4 aromatic rings. The number of piperidine rings is 1. The van der Waals surface area contributed by atoms with Crippen LogP contribution in [0.15, 0.2) is 61.1 Å². The third-order valence-electron chi connectivity index (χ3n) is 7.77. The average Bonchev–Trinajstić information content (AvgIpc) is 3.50. The number of carbonyl (C=O) groups is 1. The van der Waals surface area contributed by atoms with Crippen LogP contribution in [-0.2, 0) is 0 Å². The summed E-state index contributed by atoms with van der Waals surface area (Å²) in [5.74, 6) is 1.000. The average molecular weight is 538 g/mol. The van der Waals surface area contributed by atoms with Crippen LogP contribution in [0.3, 0.4) is 0 Å². The molecule has 1 N–H and O–H groups in total. The number of hydrogen-bond acceptors (Lipinski definition) is 7. The number of nitrogens with zero attached hydrogens (tertiary/aromatic N) is 6. The fourth-order valence-corrected chi connectivity index (χ4v) is 5.45. The molecule has 2 aromatic heterocycles. The minimum atomic E-state index is -0.130. The molecule has 2 aliphatic heterocycles. The van der Waals surface area contributed by atoms with Gasteiger partial charge in [0.05, 0.1) is 11.8 Å². The summed E-state index contributed by atoms with van der Waals surface area (Å²) in [6, 6.07) is 13.8. The molecule has 2 aliphatic rings. The molecule has 9 nitrogen and oxygen atoms in total. The van der Waals surface area contributed by atoms with Crippen LogP contribution in [0.1, 0.15) is 35.2 Å². The first-order valence-electron chi connectivity index (χ1n) is 14.0. The molecule has 2 aromatic carbocycles. The number of aromatic nitrogens is 3. The van der Waals surface area contributed by atoms with Crippen molar-refractivity contribution < 1.29 is 9.53 Å². The molecular formula is C31H35N7O2. The Morgan fingerprint density at radius 1 is 0.900 bits per heavy atom. The zero-order valence-corrected chi connectivity index (χ0v) is 23.1. The number of benzene rings is 2. The van der Waals surface area contributed by atoms with Crippen molar-refractivity contribution in [1.29, 1.82) is 5.41 Å². The fourth-order valence-electron chi connectivity index (χ4n) is 5.45. The van der Waals surface area contributed by atoms with E-state index in [2.05, 4.69) is 10.00 Å². The molecule has 9 heteroatoms. The lowest BCUT2D eigenvalue weighted by atomic mass is 10.0. The molecule has 0 radical (unpaired) electrons. The summed E-state index contributed by atoms with van der Waals surface area (Å²) < 4.78 is 7.75. The number of ether oxygens (including phenoxy) is 1. The Hall–Kier alpha value is -4.08. The Balaban J connectivity index is 1.16. The smallest absolute Gasteiger partial charge is 0.260 e. The Kier molecular flexibility index (Phi) is 7.32. The van der Waals surface area contributed by atoms with Crippen LogP contribution < -0.4 is 4.74 Å². The van der Waals surface area contributed by atoms with Gasteiger partial charge in [-0.25, -0.2) is 9.50 Å². The summed E-state index contributed by atoms with van der Waals surface area (Å²) in [7, 11) is 3.92. The summed E-state index contributed by atoms with van der Waals surface area (Å²) in [6.45, 7) is 5.22. The monoisotopic (exact) mass is 537 g/mol. The highest BCUT2D eigenvalue weighted by molar-refractivity contribution is 6.22. The van der Waals surface area contributed by atoms with E-state index in [4.69, 9.17) is 15.1 Å². The second-order valence-electron chi connectivity index (χ2n) is 10.8. The number of likely N-dealkylation sites (tertiary alicyclic amines) is 1. The van der Waals surface area contributed by atoms with Crippen LogP contribution in [0.2, 0.25) is 0 Å². The molecule has 6 rings (SSSR count).